The monoisotopic (exact) mass is 283 g/mol. The normalized spacial score (nSPS) is 25.4. The first-order valence-electron chi connectivity index (χ1n) is 8.39. The van der Waals surface area contributed by atoms with E-state index in [0.29, 0.717) is 11.5 Å². The molecule has 0 saturated heterocycles. The van der Waals surface area contributed by atoms with Crippen LogP contribution in [0.1, 0.15) is 79.1 Å². The van der Waals surface area contributed by atoms with Gasteiger partial charge in [-0.3, -0.25) is 4.79 Å². The Bertz CT molecular complexity index is 293. The molecule has 1 rings (SSSR count). The average Bonchev–Trinajstić information content (AvgIpc) is 2.43. The molecule has 20 heavy (non-hydrogen) atoms. The summed E-state index contributed by atoms with van der Waals surface area (Å²) in [4.78, 5) is 11.3. The van der Waals surface area contributed by atoms with Crippen molar-refractivity contribution in [3.05, 3.63) is 0 Å². The molecule has 118 valence electrons. The van der Waals surface area contributed by atoms with Crippen molar-refractivity contribution in [1.82, 2.24) is 5.32 Å². The maximum absolute atomic E-state index is 11.3. The van der Waals surface area contributed by atoms with Gasteiger partial charge in [-0.25, -0.2) is 0 Å². The number of carboxylic acids is 1. The molecule has 3 heteroatoms. The smallest absolute Gasteiger partial charge is 0.320 e. The van der Waals surface area contributed by atoms with Crippen LogP contribution in [0.4, 0.5) is 0 Å². The summed E-state index contributed by atoms with van der Waals surface area (Å²) in [5, 5.41) is 12.7. The molecule has 1 aliphatic rings. The molecule has 0 spiro atoms. The molecule has 0 aromatic rings. The number of nitrogens with one attached hydrogen (secondary N) is 1. The van der Waals surface area contributed by atoms with Gasteiger partial charge < -0.3 is 10.4 Å². The SMILES string of the molecule is CCCC[C@H](NC1CCC(C(C)(C)CC)CC1)C(=O)O. The van der Waals surface area contributed by atoms with E-state index in [9.17, 15) is 9.90 Å². The molecule has 0 radical (unpaired) electrons. The van der Waals surface area contributed by atoms with Gasteiger partial charge in [0.1, 0.15) is 6.04 Å². The molecule has 0 aromatic heterocycles. The molecule has 0 unspecified atom stereocenters. The molecular formula is C17H33NO2. The van der Waals surface area contributed by atoms with Crippen LogP contribution in [0.15, 0.2) is 0 Å². The minimum absolute atomic E-state index is 0.351. The number of carboxylic acid groups (broad SMARTS) is 1. The summed E-state index contributed by atoms with van der Waals surface area (Å²) in [6.45, 7) is 9.12. The minimum Gasteiger partial charge on any atom is -0.480 e. The summed E-state index contributed by atoms with van der Waals surface area (Å²) in [6.07, 6.45) is 8.76. The quantitative estimate of drug-likeness (QED) is 0.701. The van der Waals surface area contributed by atoms with Gasteiger partial charge in [-0.1, -0.05) is 47.0 Å². The number of hydrogen-bond donors (Lipinski definition) is 2. The van der Waals surface area contributed by atoms with Crippen LogP contribution in [-0.4, -0.2) is 23.2 Å². The van der Waals surface area contributed by atoms with E-state index in [4.69, 9.17) is 0 Å². The van der Waals surface area contributed by atoms with Gasteiger partial charge in [-0.2, -0.15) is 0 Å². The largest absolute Gasteiger partial charge is 0.480 e. The first-order valence-corrected chi connectivity index (χ1v) is 8.39. The molecule has 0 heterocycles. The second kappa shape index (κ2) is 8.02. The summed E-state index contributed by atoms with van der Waals surface area (Å²) >= 11 is 0. The number of unbranched alkanes of at least 4 members (excludes halogenated alkanes) is 1. The predicted molar refractivity (Wildman–Crippen MR) is 83.9 cm³/mol. The second-order valence-electron chi connectivity index (χ2n) is 7.09. The number of aliphatic carboxylic acids is 1. The standard InChI is InChI=1S/C17H33NO2/c1-5-7-8-15(16(19)20)18-14-11-9-13(10-12-14)17(3,4)6-2/h13-15,18H,5-12H2,1-4H3,(H,19,20)/t13?,14?,15-/m0/s1. The van der Waals surface area contributed by atoms with Crippen molar-refractivity contribution in [3.63, 3.8) is 0 Å². The topological polar surface area (TPSA) is 49.3 Å². The highest BCUT2D eigenvalue weighted by atomic mass is 16.4. The molecule has 1 atom stereocenters. The molecule has 0 aliphatic heterocycles. The second-order valence-corrected chi connectivity index (χ2v) is 7.09. The Labute approximate surface area is 124 Å². The minimum atomic E-state index is -0.686. The van der Waals surface area contributed by atoms with Gasteiger partial charge in [-0.05, 0) is 43.4 Å². The average molecular weight is 283 g/mol. The van der Waals surface area contributed by atoms with Gasteiger partial charge in [0, 0.05) is 6.04 Å². The zero-order valence-corrected chi connectivity index (χ0v) is 13.7. The van der Waals surface area contributed by atoms with Crippen molar-refractivity contribution in [2.24, 2.45) is 11.3 Å². The maximum atomic E-state index is 11.3. The van der Waals surface area contributed by atoms with Gasteiger partial charge in [-0.15, -0.1) is 0 Å². The molecule has 1 aliphatic carbocycles. The Hall–Kier alpha value is -0.570. The third kappa shape index (κ3) is 5.08. The Morgan fingerprint density at radius 3 is 2.30 bits per heavy atom. The van der Waals surface area contributed by atoms with E-state index in [0.717, 1.165) is 38.0 Å². The van der Waals surface area contributed by atoms with Crippen molar-refractivity contribution in [3.8, 4) is 0 Å². The van der Waals surface area contributed by atoms with E-state index in [1.807, 2.05) is 0 Å². The van der Waals surface area contributed by atoms with Crippen LogP contribution in [0.25, 0.3) is 0 Å². The molecule has 3 nitrogen and oxygen atoms in total. The van der Waals surface area contributed by atoms with Crippen LogP contribution < -0.4 is 5.32 Å². The van der Waals surface area contributed by atoms with E-state index in [-0.39, 0.29) is 6.04 Å². The summed E-state index contributed by atoms with van der Waals surface area (Å²) in [5.41, 5.74) is 0.430. The Morgan fingerprint density at radius 1 is 1.25 bits per heavy atom. The van der Waals surface area contributed by atoms with Crippen LogP contribution in [0, 0.1) is 11.3 Å². The summed E-state index contributed by atoms with van der Waals surface area (Å²) < 4.78 is 0. The lowest BCUT2D eigenvalue weighted by Gasteiger charge is -2.39. The zero-order chi connectivity index (χ0) is 15.2. The summed E-state index contributed by atoms with van der Waals surface area (Å²) in [7, 11) is 0. The van der Waals surface area contributed by atoms with E-state index in [1.54, 1.807) is 0 Å². The van der Waals surface area contributed by atoms with E-state index < -0.39 is 5.97 Å². The van der Waals surface area contributed by atoms with Crippen molar-refractivity contribution in [1.29, 1.82) is 0 Å². The molecule has 1 fully saturated rings. The molecule has 0 amide bonds. The zero-order valence-electron chi connectivity index (χ0n) is 13.7. The molecule has 0 aromatic carbocycles. The third-order valence-electron chi connectivity index (χ3n) is 5.32. The lowest BCUT2D eigenvalue weighted by molar-refractivity contribution is -0.140. The van der Waals surface area contributed by atoms with E-state index >= 15 is 0 Å². The van der Waals surface area contributed by atoms with Crippen LogP contribution in [0.5, 0.6) is 0 Å². The number of carbonyl (C=O) groups is 1. The van der Waals surface area contributed by atoms with Gasteiger partial charge >= 0.3 is 5.97 Å². The van der Waals surface area contributed by atoms with Crippen molar-refractivity contribution >= 4 is 5.97 Å². The van der Waals surface area contributed by atoms with Crippen LogP contribution in [-0.2, 0) is 4.79 Å². The summed E-state index contributed by atoms with van der Waals surface area (Å²) in [6, 6.07) is 0.0487. The van der Waals surface area contributed by atoms with Crippen molar-refractivity contribution in [2.75, 3.05) is 0 Å². The fourth-order valence-corrected chi connectivity index (χ4v) is 3.30. The lowest BCUT2D eigenvalue weighted by Crippen LogP contribution is -2.45. The molecular weight excluding hydrogens is 250 g/mol. The Balaban J connectivity index is 2.42. The Morgan fingerprint density at radius 2 is 1.85 bits per heavy atom. The molecule has 0 bridgehead atoms. The first kappa shape index (κ1) is 17.5. The highest BCUT2D eigenvalue weighted by Gasteiger charge is 2.32. The third-order valence-corrected chi connectivity index (χ3v) is 5.32. The van der Waals surface area contributed by atoms with Crippen LogP contribution >= 0.6 is 0 Å². The maximum Gasteiger partial charge on any atom is 0.320 e. The van der Waals surface area contributed by atoms with Gasteiger partial charge in [0.2, 0.25) is 0 Å². The van der Waals surface area contributed by atoms with Crippen molar-refractivity contribution < 1.29 is 9.90 Å². The molecule has 2 N–H and O–H groups in total. The van der Waals surface area contributed by atoms with Gasteiger partial charge in [0.05, 0.1) is 0 Å². The Kier molecular flexibility index (Phi) is 7.01. The fraction of sp³-hybridized carbons (Fsp3) is 0.941. The molecule has 1 saturated carbocycles. The fourth-order valence-electron chi connectivity index (χ4n) is 3.30. The highest BCUT2D eigenvalue weighted by Crippen LogP contribution is 2.40. The van der Waals surface area contributed by atoms with E-state index in [2.05, 4.69) is 33.0 Å². The van der Waals surface area contributed by atoms with Gasteiger partial charge in [0.15, 0.2) is 0 Å². The van der Waals surface area contributed by atoms with Crippen LogP contribution in [0.2, 0.25) is 0 Å². The first-order chi connectivity index (χ1) is 9.40. The van der Waals surface area contributed by atoms with Crippen molar-refractivity contribution in [2.45, 2.75) is 91.1 Å². The highest BCUT2D eigenvalue weighted by molar-refractivity contribution is 5.73. The van der Waals surface area contributed by atoms with Crippen LogP contribution in [0.3, 0.4) is 0 Å². The summed E-state index contributed by atoms with van der Waals surface area (Å²) in [5.74, 6) is 0.110. The number of hydrogen-bond acceptors (Lipinski definition) is 2. The lowest BCUT2D eigenvalue weighted by atomic mass is 9.69. The van der Waals surface area contributed by atoms with Gasteiger partial charge in [0.25, 0.3) is 0 Å². The number of rotatable bonds is 8. The predicted octanol–water partition coefficient (Wildman–Crippen LogP) is 4.21. The van der Waals surface area contributed by atoms with E-state index in [1.165, 1.54) is 19.3 Å².